The fraction of sp³-hybridized carbons (Fsp3) is 0.450. The Morgan fingerprint density at radius 2 is 2.12 bits per heavy atom. The van der Waals surface area contributed by atoms with Gasteiger partial charge in [-0.05, 0) is 38.3 Å². The number of benzene rings is 1. The van der Waals surface area contributed by atoms with Crippen LogP contribution in [0.1, 0.15) is 45.7 Å². The molecule has 1 unspecified atom stereocenters. The Kier molecular flexibility index (Phi) is 6.01. The summed E-state index contributed by atoms with van der Waals surface area (Å²) < 4.78 is 7.66. The summed E-state index contributed by atoms with van der Waals surface area (Å²) in [5.41, 5.74) is 3.91. The van der Waals surface area contributed by atoms with Gasteiger partial charge in [0.2, 0.25) is 0 Å². The Hall–Kier alpha value is -1.82. The molecule has 1 aromatic carbocycles. The maximum Gasteiger partial charge on any atom is 0.337 e. The molecule has 0 aliphatic carbocycles. The molecule has 140 valence electrons. The highest BCUT2D eigenvalue weighted by atomic mass is 35.5. The second-order valence-electron chi connectivity index (χ2n) is 6.77. The summed E-state index contributed by atoms with van der Waals surface area (Å²) in [6.07, 6.45) is 2.39. The molecule has 3 rings (SSSR count). The van der Waals surface area contributed by atoms with Gasteiger partial charge in [0.1, 0.15) is 0 Å². The van der Waals surface area contributed by atoms with E-state index >= 15 is 0 Å². The van der Waals surface area contributed by atoms with Crippen LogP contribution in [0, 0.1) is 13.8 Å². The van der Waals surface area contributed by atoms with Crippen molar-refractivity contribution in [2.75, 3.05) is 13.2 Å². The SMILES string of the molecule is Cc1c(CNCC2CCCO2)c(C(=O)O)c(C)n1Cc1ccccc1Cl. The Bertz CT molecular complexity index is 795. The van der Waals surface area contributed by atoms with Gasteiger partial charge in [0, 0.05) is 48.2 Å². The molecule has 1 fully saturated rings. The minimum atomic E-state index is -0.891. The van der Waals surface area contributed by atoms with E-state index in [-0.39, 0.29) is 6.10 Å². The van der Waals surface area contributed by atoms with E-state index in [2.05, 4.69) is 5.32 Å². The predicted molar refractivity (Wildman–Crippen MR) is 102 cm³/mol. The van der Waals surface area contributed by atoms with Gasteiger partial charge in [-0.1, -0.05) is 29.8 Å². The Labute approximate surface area is 158 Å². The molecule has 0 amide bonds. The lowest BCUT2D eigenvalue weighted by Gasteiger charge is -2.12. The highest BCUT2D eigenvalue weighted by Gasteiger charge is 2.23. The number of aromatic carboxylic acids is 1. The molecule has 2 aromatic rings. The van der Waals surface area contributed by atoms with Crippen LogP contribution in [-0.2, 0) is 17.8 Å². The molecule has 1 aliphatic heterocycles. The molecule has 1 aliphatic rings. The van der Waals surface area contributed by atoms with Gasteiger partial charge in [-0.3, -0.25) is 0 Å². The lowest BCUT2D eigenvalue weighted by atomic mass is 10.1. The summed E-state index contributed by atoms with van der Waals surface area (Å²) in [5, 5.41) is 13.8. The second kappa shape index (κ2) is 8.25. The van der Waals surface area contributed by atoms with Gasteiger partial charge in [0.15, 0.2) is 0 Å². The molecule has 0 bridgehead atoms. The fourth-order valence-corrected chi connectivity index (χ4v) is 3.84. The van der Waals surface area contributed by atoms with Crippen molar-refractivity contribution in [1.82, 2.24) is 9.88 Å². The number of carboxylic acid groups (broad SMARTS) is 1. The van der Waals surface area contributed by atoms with Crippen molar-refractivity contribution in [2.24, 2.45) is 0 Å². The first-order valence-electron chi connectivity index (χ1n) is 8.96. The summed E-state index contributed by atoms with van der Waals surface area (Å²) in [6, 6.07) is 7.66. The number of aromatic nitrogens is 1. The van der Waals surface area contributed by atoms with Crippen molar-refractivity contribution in [2.45, 2.75) is 45.9 Å². The topological polar surface area (TPSA) is 63.5 Å². The Morgan fingerprint density at radius 1 is 1.35 bits per heavy atom. The number of carbonyl (C=O) groups is 1. The minimum absolute atomic E-state index is 0.231. The van der Waals surface area contributed by atoms with Crippen LogP contribution in [0.15, 0.2) is 24.3 Å². The van der Waals surface area contributed by atoms with Gasteiger partial charge in [0.05, 0.1) is 11.7 Å². The average molecular weight is 377 g/mol. The molecule has 2 heterocycles. The maximum atomic E-state index is 11.9. The van der Waals surface area contributed by atoms with Gasteiger partial charge in [-0.25, -0.2) is 4.79 Å². The van der Waals surface area contributed by atoms with Crippen molar-refractivity contribution in [3.8, 4) is 0 Å². The number of halogens is 1. The first kappa shape index (κ1) is 19.0. The van der Waals surface area contributed by atoms with E-state index in [0.29, 0.717) is 23.7 Å². The van der Waals surface area contributed by atoms with Gasteiger partial charge < -0.3 is 19.7 Å². The molecule has 0 spiro atoms. The summed E-state index contributed by atoms with van der Waals surface area (Å²) >= 11 is 6.29. The zero-order chi connectivity index (χ0) is 18.7. The molecular weight excluding hydrogens is 352 g/mol. The monoisotopic (exact) mass is 376 g/mol. The molecule has 6 heteroatoms. The summed E-state index contributed by atoms with van der Waals surface area (Å²) in [6.45, 7) is 6.47. The third-order valence-electron chi connectivity index (χ3n) is 5.11. The smallest absolute Gasteiger partial charge is 0.337 e. The molecule has 0 radical (unpaired) electrons. The van der Waals surface area contributed by atoms with Crippen molar-refractivity contribution in [3.05, 3.63) is 57.4 Å². The summed E-state index contributed by atoms with van der Waals surface area (Å²) in [7, 11) is 0. The molecule has 0 saturated carbocycles. The largest absolute Gasteiger partial charge is 0.478 e. The summed E-state index contributed by atoms with van der Waals surface area (Å²) in [4.78, 5) is 11.9. The van der Waals surface area contributed by atoms with E-state index in [9.17, 15) is 9.90 Å². The van der Waals surface area contributed by atoms with Crippen LogP contribution in [0.2, 0.25) is 5.02 Å². The third-order valence-corrected chi connectivity index (χ3v) is 5.48. The van der Waals surface area contributed by atoms with E-state index < -0.39 is 5.97 Å². The zero-order valence-corrected chi connectivity index (χ0v) is 16.0. The van der Waals surface area contributed by atoms with Crippen LogP contribution in [0.4, 0.5) is 0 Å². The van der Waals surface area contributed by atoms with Crippen LogP contribution in [0.3, 0.4) is 0 Å². The van der Waals surface area contributed by atoms with E-state index in [4.69, 9.17) is 16.3 Å². The van der Waals surface area contributed by atoms with Crippen molar-refractivity contribution in [1.29, 1.82) is 0 Å². The van der Waals surface area contributed by atoms with E-state index in [1.807, 2.05) is 42.7 Å². The third kappa shape index (κ3) is 3.95. The number of ether oxygens (including phenoxy) is 1. The van der Waals surface area contributed by atoms with Gasteiger partial charge in [0.25, 0.3) is 0 Å². The van der Waals surface area contributed by atoms with Gasteiger partial charge in [-0.15, -0.1) is 0 Å². The quantitative estimate of drug-likeness (QED) is 0.772. The Morgan fingerprint density at radius 3 is 2.77 bits per heavy atom. The average Bonchev–Trinajstić information content (AvgIpc) is 3.19. The first-order valence-corrected chi connectivity index (χ1v) is 9.34. The van der Waals surface area contributed by atoms with E-state index in [0.717, 1.165) is 48.5 Å². The van der Waals surface area contributed by atoms with E-state index in [1.54, 1.807) is 0 Å². The lowest BCUT2D eigenvalue weighted by Crippen LogP contribution is -2.26. The molecule has 1 saturated heterocycles. The standard InChI is InChI=1S/C20H25ClN2O3/c1-13-17(11-22-10-16-7-5-9-26-16)19(20(24)25)14(2)23(13)12-15-6-3-4-8-18(15)21/h3-4,6,8,16,22H,5,7,9-12H2,1-2H3,(H,24,25). The Balaban J connectivity index is 1.83. The number of rotatable bonds is 7. The lowest BCUT2D eigenvalue weighted by molar-refractivity contribution is 0.0694. The molecule has 1 aromatic heterocycles. The van der Waals surface area contributed by atoms with E-state index in [1.165, 1.54) is 0 Å². The number of nitrogens with one attached hydrogen (secondary N) is 1. The molecule has 1 atom stereocenters. The van der Waals surface area contributed by atoms with Crippen LogP contribution < -0.4 is 5.32 Å². The highest BCUT2D eigenvalue weighted by Crippen LogP contribution is 2.26. The van der Waals surface area contributed by atoms with Gasteiger partial charge in [-0.2, -0.15) is 0 Å². The van der Waals surface area contributed by atoms with Crippen LogP contribution in [-0.4, -0.2) is 34.9 Å². The fourth-order valence-electron chi connectivity index (χ4n) is 3.65. The zero-order valence-electron chi connectivity index (χ0n) is 15.2. The van der Waals surface area contributed by atoms with Crippen LogP contribution in [0.5, 0.6) is 0 Å². The van der Waals surface area contributed by atoms with Crippen molar-refractivity contribution in [3.63, 3.8) is 0 Å². The number of nitrogens with zero attached hydrogens (tertiary/aromatic N) is 1. The molecule has 26 heavy (non-hydrogen) atoms. The second-order valence-corrected chi connectivity index (χ2v) is 7.18. The number of hydrogen-bond acceptors (Lipinski definition) is 3. The number of hydrogen-bond donors (Lipinski definition) is 2. The number of carboxylic acids is 1. The molecule has 2 N–H and O–H groups in total. The van der Waals surface area contributed by atoms with Crippen LogP contribution in [0.25, 0.3) is 0 Å². The minimum Gasteiger partial charge on any atom is -0.478 e. The summed E-state index contributed by atoms with van der Waals surface area (Å²) in [5.74, 6) is -0.891. The van der Waals surface area contributed by atoms with Crippen molar-refractivity contribution >= 4 is 17.6 Å². The van der Waals surface area contributed by atoms with Crippen molar-refractivity contribution < 1.29 is 14.6 Å². The first-order chi connectivity index (χ1) is 12.5. The maximum absolute atomic E-state index is 11.9. The molecule has 5 nitrogen and oxygen atoms in total. The van der Waals surface area contributed by atoms with Gasteiger partial charge >= 0.3 is 5.97 Å². The highest BCUT2D eigenvalue weighted by molar-refractivity contribution is 6.31. The predicted octanol–water partition coefficient (Wildman–Crippen LogP) is 3.77. The molecular formula is C20H25ClN2O3. The normalized spacial score (nSPS) is 17.0. The van der Waals surface area contributed by atoms with Crippen LogP contribution >= 0.6 is 11.6 Å².